The van der Waals surface area contributed by atoms with E-state index in [1.54, 1.807) is 70.8 Å². The Bertz CT molecular complexity index is 1570. The molecule has 4 heterocycles. The highest BCUT2D eigenvalue weighted by Crippen LogP contribution is 2.19. The first-order chi connectivity index (χ1) is 32.0. The van der Waals surface area contributed by atoms with Gasteiger partial charge in [-0.05, 0) is 63.5 Å². The Morgan fingerprint density at radius 3 is 1.06 bits per heavy atom. The van der Waals surface area contributed by atoms with Crippen molar-refractivity contribution in [1.82, 2.24) is 39.5 Å². The number of quaternary nitrogens is 2. The molecule has 0 saturated carbocycles. The summed E-state index contributed by atoms with van der Waals surface area (Å²) in [6, 6.07) is 6.95. The summed E-state index contributed by atoms with van der Waals surface area (Å²) in [5.41, 5.74) is 0. The minimum Gasteiger partial charge on any atom is -0.870 e. The zero-order chi connectivity index (χ0) is 48.7. The molecule has 0 aliphatic rings. The zero-order valence-electron chi connectivity index (χ0n) is 42.6. The topological polar surface area (TPSA) is 195 Å². The highest BCUT2D eigenvalue weighted by Gasteiger charge is 2.26. The van der Waals surface area contributed by atoms with Crippen LogP contribution in [0.5, 0.6) is 0 Å². The monoisotopic (exact) mass is 973 g/mol. The Labute approximate surface area is 412 Å². The van der Waals surface area contributed by atoms with Crippen LogP contribution in [0, 0.1) is 0 Å². The van der Waals surface area contributed by atoms with Crippen LogP contribution in [0.4, 0.5) is 0 Å². The third-order valence-electron chi connectivity index (χ3n) is 11.2. The molecular formula is C50H88N10O5S2. The Hall–Kier alpha value is -3.90. The number of carbonyl (C=O) groups is 2. The van der Waals surface area contributed by atoms with Gasteiger partial charge >= 0.3 is 5.97 Å². The van der Waals surface area contributed by atoms with Crippen molar-refractivity contribution in [1.29, 1.82) is 0 Å². The van der Waals surface area contributed by atoms with Crippen molar-refractivity contribution < 1.29 is 34.2 Å². The average Bonchev–Trinajstić information content (AvgIpc) is 4.10. The number of hydrogen-bond donors (Lipinski definition) is 1. The van der Waals surface area contributed by atoms with Crippen molar-refractivity contribution in [2.75, 3.05) is 63.9 Å². The fourth-order valence-electron chi connectivity index (χ4n) is 7.41. The van der Waals surface area contributed by atoms with Crippen LogP contribution in [-0.4, -0.2) is 135 Å². The molecule has 0 unspecified atom stereocenters. The van der Waals surface area contributed by atoms with Crippen molar-refractivity contribution in [3.63, 3.8) is 0 Å². The van der Waals surface area contributed by atoms with Gasteiger partial charge in [0.1, 0.15) is 0 Å². The van der Waals surface area contributed by atoms with Crippen molar-refractivity contribution in [3.05, 3.63) is 61.4 Å². The van der Waals surface area contributed by atoms with Crippen molar-refractivity contribution in [2.24, 2.45) is 0 Å². The molecule has 0 saturated heterocycles. The summed E-state index contributed by atoms with van der Waals surface area (Å²) in [6.07, 6.45) is 32.0. The van der Waals surface area contributed by atoms with E-state index >= 15 is 0 Å². The second-order valence-corrected chi connectivity index (χ2v) is 18.8. The van der Waals surface area contributed by atoms with E-state index in [0.717, 1.165) is 23.5 Å². The van der Waals surface area contributed by atoms with E-state index in [1.165, 1.54) is 164 Å². The minimum absolute atomic E-state index is 0. The molecular weight excluding hydrogens is 885 g/mol. The maximum Gasteiger partial charge on any atom is 0.313 e. The molecule has 4 aromatic heterocycles. The SMILES string of the molecule is CCCC[N+](CCCC)(CCCC)CCCC.CCCC[N+](CCCC)(CCCC)CCCC.O=C(O)CSc1nccc(-n2cccn2)n1.O=C([O-])CSc1nccc(-n2cccn2)n1.[OH-]. The van der Waals surface area contributed by atoms with Crippen molar-refractivity contribution >= 4 is 35.5 Å². The molecule has 0 aliphatic heterocycles. The van der Waals surface area contributed by atoms with Crippen molar-refractivity contribution in [3.8, 4) is 11.6 Å². The lowest BCUT2D eigenvalue weighted by Gasteiger charge is -2.39. The molecule has 0 bridgehead atoms. The van der Waals surface area contributed by atoms with Crippen LogP contribution in [0.3, 0.4) is 0 Å². The van der Waals surface area contributed by atoms with E-state index < -0.39 is 11.9 Å². The first kappa shape index (κ1) is 63.1. The van der Waals surface area contributed by atoms with Gasteiger partial charge < -0.3 is 29.4 Å². The number of thioether (sulfide) groups is 2. The lowest BCUT2D eigenvalue weighted by atomic mass is 10.1. The lowest BCUT2D eigenvalue weighted by Crippen LogP contribution is -2.50. The standard InChI is InChI=1S/2C16H36N.2C9H8N4O2S.H2O/c2*1-5-9-13-17(14-10-6-2,15-11-7-3)16-12-8-4;2*14-8(15)6-16-9-10-4-2-7(12-9)13-5-1-3-11-13;/h2*5-16H2,1-4H3;2*1-5H,6H2,(H,14,15);1H2/q2*+1;;;/p-2. The molecule has 0 aromatic carbocycles. The lowest BCUT2D eigenvalue weighted by molar-refractivity contribution is -0.929. The average molecular weight is 973 g/mol. The molecule has 17 heteroatoms. The number of aromatic nitrogens is 8. The van der Waals surface area contributed by atoms with Gasteiger partial charge in [0.2, 0.25) is 0 Å². The maximum absolute atomic E-state index is 10.4. The molecule has 0 spiro atoms. The number of aliphatic carboxylic acids is 2. The van der Waals surface area contributed by atoms with E-state index in [1.807, 2.05) is 0 Å². The van der Waals surface area contributed by atoms with Gasteiger partial charge in [0.15, 0.2) is 21.9 Å². The predicted octanol–water partition coefficient (Wildman–Crippen LogP) is 10.2. The summed E-state index contributed by atoms with van der Waals surface area (Å²) < 4.78 is 6.00. The number of carboxylic acid groups (broad SMARTS) is 2. The molecule has 67 heavy (non-hydrogen) atoms. The highest BCUT2D eigenvalue weighted by molar-refractivity contribution is 8.00. The molecule has 0 radical (unpaired) electrons. The summed E-state index contributed by atoms with van der Waals surface area (Å²) >= 11 is 2.09. The van der Waals surface area contributed by atoms with Crippen LogP contribution in [0.1, 0.15) is 158 Å². The van der Waals surface area contributed by atoms with Gasteiger partial charge in [0, 0.05) is 55.1 Å². The first-order valence-corrected chi connectivity index (χ1v) is 27.0. The molecule has 4 aromatic rings. The van der Waals surface area contributed by atoms with Crippen LogP contribution >= 0.6 is 23.5 Å². The van der Waals surface area contributed by atoms with Gasteiger partial charge in [-0.1, -0.05) is 130 Å². The highest BCUT2D eigenvalue weighted by atomic mass is 32.2. The number of hydrogen-bond acceptors (Lipinski definition) is 12. The fraction of sp³-hybridized carbons (Fsp3) is 0.680. The van der Waals surface area contributed by atoms with Crippen molar-refractivity contribution in [2.45, 2.75) is 168 Å². The summed E-state index contributed by atoms with van der Waals surface area (Å²) in [7, 11) is 0. The van der Waals surface area contributed by atoms with Crippen LogP contribution in [0.15, 0.2) is 71.8 Å². The van der Waals surface area contributed by atoms with Gasteiger partial charge in [-0.2, -0.15) is 10.2 Å². The smallest absolute Gasteiger partial charge is 0.313 e. The predicted molar refractivity (Wildman–Crippen MR) is 273 cm³/mol. The third-order valence-corrected chi connectivity index (χ3v) is 12.9. The number of rotatable bonds is 32. The molecule has 0 aliphatic carbocycles. The quantitative estimate of drug-likeness (QED) is 0.0276. The minimum atomic E-state index is -1.14. The van der Waals surface area contributed by atoms with Gasteiger partial charge in [0.05, 0.1) is 64.1 Å². The van der Waals surface area contributed by atoms with Gasteiger partial charge in [-0.3, -0.25) is 4.79 Å². The third kappa shape index (κ3) is 28.9. The normalized spacial score (nSPS) is 11.0. The van der Waals surface area contributed by atoms with Gasteiger partial charge in [-0.25, -0.2) is 29.3 Å². The summed E-state index contributed by atoms with van der Waals surface area (Å²) in [4.78, 5) is 36.9. The van der Waals surface area contributed by atoms with E-state index in [2.05, 4.69) is 85.5 Å². The van der Waals surface area contributed by atoms with E-state index in [9.17, 15) is 14.7 Å². The molecule has 15 nitrogen and oxygen atoms in total. The van der Waals surface area contributed by atoms with Gasteiger partial charge in [-0.15, -0.1) is 0 Å². The van der Waals surface area contributed by atoms with E-state index in [-0.39, 0.29) is 17.0 Å². The van der Waals surface area contributed by atoms with Gasteiger partial charge in [0.25, 0.3) is 0 Å². The summed E-state index contributed by atoms with van der Waals surface area (Å²) in [5, 5.41) is 27.7. The summed E-state index contributed by atoms with van der Waals surface area (Å²) in [6.45, 7) is 30.0. The van der Waals surface area contributed by atoms with Crippen LogP contribution < -0.4 is 5.11 Å². The Kier molecular flexibility index (Phi) is 37.7. The van der Waals surface area contributed by atoms with Crippen LogP contribution in [-0.2, 0) is 9.59 Å². The summed E-state index contributed by atoms with van der Waals surface area (Å²) in [5.74, 6) is -1.03. The zero-order valence-corrected chi connectivity index (χ0v) is 44.2. The molecule has 380 valence electrons. The number of carboxylic acids is 2. The molecule has 4 rings (SSSR count). The molecule has 0 amide bonds. The van der Waals surface area contributed by atoms with Crippen LogP contribution in [0.25, 0.3) is 11.6 Å². The van der Waals surface area contributed by atoms with E-state index in [4.69, 9.17) is 5.11 Å². The van der Waals surface area contributed by atoms with E-state index in [0.29, 0.717) is 21.9 Å². The second kappa shape index (κ2) is 40.0. The number of carbonyl (C=O) groups excluding carboxylic acids is 1. The Balaban J connectivity index is 0.000000862. The number of nitrogens with zero attached hydrogens (tertiary/aromatic N) is 10. The Morgan fingerprint density at radius 2 is 0.821 bits per heavy atom. The largest absolute Gasteiger partial charge is 0.870 e. The molecule has 0 fully saturated rings. The fourth-order valence-corrected chi connectivity index (χ4v) is 8.49. The maximum atomic E-state index is 10.4. The molecule has 2 N–H and O–H groups in total. The first-order valence-electron chi connectivity index (χ1n) is 25.0. The number of unbranched alkanes of at least 4 members (excludes halogenated alkanes) is 8. The Morgan fingerprint density at radius 1 is 0.522 bits per heavy atom. The van der Waals surface area contributed by atoms with Crippen LogP contribution in [0.2, 0.25) is 0 Å². The molecule has 0 atom stereocenters. The second-order valence-electron chi connectivity index (χ2n) is 16.9.